The monoisotopic (exact) mass is 281 g/mol. The van der Waals surface area contributed by atoms with E-state index in [1.165, 1.54) is 0 Å². The van der Waals surface area contributed by atoms with Gasteiger partial charge < -0.3 is 10.4 Å². The highest BCUT2D eigenvalue weighted by atomic mass is 32.2. The van der Waals surface area contributed by atoms with E-state index >= 15 is 0 Å². The molecule has 4 heteroatoms. The lowest BCUT2D eigenvalue weighted by atomic mass is 10.0. The third kappa shape index (κ3) is 3.66. The number of benzene rings is 1. The maximum atomic E-state index is 12.2. The van der Waals surface area contributed by atoms with Gasteiger partial charge in [0.1, 0.15) is 5.75 Å². The fraction of sp³-hybridized carbons (Fsp3) is 0.533. The number of carbonyl (C=O) groups excluding carboxylic acids is 1. The first-order chi connectivity index (χ1) is 8.99. The van der Waals surface area contributed by atoms with Crippen LogP contribution in [0.5, 0.6) is 5.75 Å². The van der Waals surface area contributed by atoms with E-state index in [0.717, 1.165) is 12.8 Å². The summed E-state index contributed by atoms with van der Waals surface area (Å²) in [7, 11) is 0. The standard InChI is InChI=1S/C15H23NO2S/c1-5-15(6-2,19-4)10-16-14(18)12-8-7-9-13(17)11(12)3/h7-9,17H,5-6,10H2,1-4H3,(H,16,18). The van der Waals surface area contributed by atoms with Crippen molar-refractivity contribution in [2.75, 3.05) is 12.8 Å². The second-order valence-corrected chi connectivity index (χ2v) is 6.00. The van der Waals surface area contributed by atoms with Crippen molar-refractivity contribution >= 4 is 17.7 Å². The van der Waals surface area contributed by atoms with Gasteiger partial charge in [-0.05, 0) is 38.2 Å². The average molecular weight is 281 g/mol. The number of thioether (sulfide) groups is 1. The summed E-state index contributed by atoms with van der Waals surface area (Å²) < 4.78 is 0.0976. The first-order valence-electron chi connectivity index (χ1n) is 6.61. The molecule has 0 unspecified atom stereocenters. The number of phenolic OH excluding ortho intramolecular Hbond substituents is 1. The Kier molecular flexibility index (Phi) is 5.73. The SMILES string of the molecule is CCC(CC)(CNC(=O)c1cccc(O)c1C)SC. The van der Waals surface area contributed by atoms with Crippen molar-refractivity contribution in [2.45, 2.75) is 38.4 Å². The normalized spacial score (nSPS) is 11.4. The van der Waals surface area contributed by atoms with E-state index in [2.05, 4.69) is 25.4 Å². The largest absolute Gasteiger partial charge is 0.508 e. The zero-order chi connectivity index (χ0) is 14.5. The van der Waals surface area contributed by atoms with Crippen LogP contribution in [-0.4, -0.2) is 28.6 Å². The molecule has 0 aromatic heterocycles. The van der Waals surface area contributed by atoms with Gasteiger partial charge >= 0.3 is 0 Å². The van der Waals surface area contributed by atoms with E-state index in [4.69, 9.17) is 0 Å². The van der Waals surface area contributed by atoms with Crippen LogP contribution < -0.4 is 5.32 Å². The van der Waals surface area contributed by atoms with Crippen LogP contribution in [0.1, 0.15) is 42.6 Å². The molecule has 0 aliphatic carbocycles. The van der Waals surface area contributed by atoms with Crippen molar-refractivity contribution in [1.82, 2.24) is 5.32 Å². The summed E-state index contributed by atoms with van der Waals surface area (Å²) in [5, 5.41) is 12.6. The third-order valence-corrected chi connectivity index (χ3v) is 5.43. The number of hydrogen-bond donors (Lipinski definition) is 2. The minimum absolute atomic E-state index is 0.0976. The Balaban J connectivity index is 2.78. The Morgan fingerprint density at radius 1 is 1.37 bits per heavy atom. The number of carbonyl (C=O) groups is 1. The summed E-state index contributed by atoms with van der Waals surface area (Å²) in [6.07, 6.45) is 4.12. The number of aromatic hydroxyl groups is 1. The fourth-order valence-electron chi connectivity index (χ4n) is 2.07. The van der Waals surface area contributed by atoms with Crippen LogP contribution in [0.15, 0.2) is 18.2 Å². The molecule has 0 fully saturated rings. The van der Waals surface area contributed by atoms with Crippen molar-refractivity contribution in [2.24, 2.45) is 0 Å². The topological polar surface area (TPSA) is 49.3 Å². The lowest BCUT2D eigenvalue weighted by Gasteiger charge is -2.29. The fourth-order valence-corrected chi connectivity index (χ4v) is 2.86. The van der Waals surface area contributed by atoms with E-state index in [0.29, 0.717) is 17.7 Å². The second kappa shape index (κ2) is 6.85. The number of rotatable bonds is 6. The molecule has 3 nitrogen and oxygen atoms in total. The summed E-state index contributed by atoms with van der Waals surface area (Å²) in [5.74, 6) is 0.0449. The number of phenols is 1. The van der Waals surface area contributed by atoms with Crippen LogP contribution in [0.4, 0.5) is 0 Å². The van der Waals surface area contributed by atoms with Gasteiger partial charge in [0.05, 0.1) is 0 Å². The molecule has 1 amide bonds. The summed E-state index contributed by atoms with van der Waals surface area (Å²) in [6.45, 7) is 6.69. The van der Waals surface area contributed by atoms with E-state index in [1.807, 2.05) is 0 Å². The van der Waals surface area contributed by atoms with E-state index in [1.54, 1.807) is 36.9 Å². The molecule has 19 heavy (non-hydrogen) atoms. The molecule has 0 saturated heterocycles. The number of nitrogens with one attached hydrogen (secondary N) is 1. The minimum Gasteiger partial charge on any atom is -0.508 e. The molecule has 2 N–H and O–H groups in total. The lowest BCUT2D eigenvalue weighted by molar-refractivity contribution is 0.0948. The van der Waals surface area contributed by atoms with Gasteiger partial charge in [-0.15, -0.1) is 0 Å². The molecule has 0 aliphatic heterocycles. The zero-order valence-corrected chi connectivity index (χ0v) is 12.9. The van der Waals surface area contributed by atoms with Crippen LogP contribution in [0.25, 0.3) is 0 Å². The predicted octanol–water partition coefficient (Wildman–Crippen LogP) is 3.35. The third-order valence-electron chi connectivity index (χ3n) is 3.84. The van der Waals surface area contributed by atoms with Gasteiger partial charge in [-0.3, -0.25) is 4.79 Å². The zero-order valence-electron chi connectivity index (χ0n) is 12.1. The minimum atomic E-state index is -0.117. The summed E-state index contributed by atoms with van der Waals surface area (Å²) in [6, 6.07) is 5.03. The molecule has 0 spiro atoms. The highest BCUT2D eigenvalue weighted by molar-refractivity contribution is 8.00. The number of amides is 1. The van der Waals surface area contributed by atoms with Crippen LogP contribution in [0.3, 0.4) is 0 Å². The molecule has 1 rings (SSSR count). The quantitative estimate of drug-likeness (QED) is 0.840. The Morgan fingerprint density at radius 2 is 2.00 bits per heavy atom. The number of hydrogen-bond acceptors (Lipinski definition) is 3. The highest BCUT2D eigenvalue weighted by Crippen LogP contribution is 2.29. The van der Waals surface area contributed by atoms with Gasteiger partial charge in [0.25, 0.3) is 5.91 Å². The summed E-state index contributed by atoms with van der Waals surface area (Å²) >= 11 is 1.80. The Hall–Kier alpha value is -1.16. The van der Waals surface area contributed by atoms with Crippen LogP contribution in [0.2, 0.25) is 0 Å². The van der Waals surface area contributed by atoms with Crippen LogP contribution >= 0.6 is 11.8 Å². The Morgan fingerprint density at radius 3 is 2.53 bits per heavy atom. The summed E-state index contributed by atoms with van der Waals surface area (Å²) in [4.78, 5) is 12.2. The van der Waals surface area contributed by atoms with Crippen molar-refractivity contribution in [1.29, 1.82) is 0 Å². The van der Waals surface area contributed by atoms with E-state index in [-0.39, 0.29) is 16.4 Å². The predicted molar refractivity (Wildman–Crippen MR) is 82.0 cm³/mol. The summed E-state index contributed by atoms with van der Waals surface area (Å²) in [5.41, 5.74) is 1.17. The van der Waals surface area contributed by atoms with E-state index < -0.39 is 0 Å². The van der Waals surface area contributed by atoms with Gasteiger partial charge in [0, 0.05) is 22.4 Å². The first-order valence-corrected chi connectivity index (χ1v) is 7.84. The molecular weight excluding hydrogens is 258 g/mol. The molecule has 1 aromatic carbocycles. The van der Waals surface area contributed by atoms with Gasteiger partial charge in [-0.1, -0.05) is 19.9 Å². The van der Waals surface area contributed by atoms with Crippen LogP contribution in [0, 0.1) is 6.92 Å². The molecule has 0 atom stereocenters. The van der Waals surface area contributed by atoms with E-state index in [9.17, 15) is 9.90 Å². The molecule has 0 heterocycles. The molecule has 0 saturated carbocycles. The smallest absolute Gasteiger partial charge is 0.251 e. The Bertz CT molecular complexity index is 434. The molecule has 0 radical (unpaired) electrons. The molecule has 106 valence electrons. The van der Waals surface area contributed by atoms with Gasteiger partial charge in [-0.2, -0.15) is 11.8 Å². The molecule has 0 aliphatic rings. The molecule has 0 bridgehead atoms. The molecular formula is C15H23NO2S. The maximum Gasteiger partial charge on any atom is 0.251 e. The van der Waals surface area contributed by atoms with Gasteiger partial charge in [-0.25, -0.2) is 0 Å². The van der Waals surface area contributed by atoms with Gasteiger partial charge in [0.15, 0.2) is 0 Å². The van der Waals surface area contributed by atoms with Crippen molar-refractivity contribution < 1.29 is 9.90 Å². The van der Waals surface area contributed by atoms with Crippen molar-refractivity contribution in [3.05, 3.63) is 29.3 Å². The maximum absolute atomic E-state index is 12.2. The highest BCUT2D eigenvalue weighted by Gasteiger charge is 2.25. The van der Waals surface area contributed by atoms with Crippen molar-refractivity contribution in [3.8, 4) is 5.75 Å². The van der Waals surface area contributed by atoms with Gasteiger partial charge in [0.2, 0.25) is 0 Å². The molecule has 1 aromatic rings. The first kappa shape index (κ1) is 15.9. The Labute approximate surface area is 119 Å². The average Bonchev–Trinajstić information content (AvgIpc) is 2.44. The van der Waals surface area contributed by atoms with Crippen LogP contribution in [-0.2, 0) is 0 Å². The second-order valence-electron chi connectivity index (χ2n) is 4.73. The van der Waals surface area contributed by atoms with Crippen molar-refractivity contribution in [3.63, 3.8) is 0 Å². The lowest BCUT2D eigenvalue weighted by Crippen LogP contribution is -2.39.